The highest BCUT2D eigenvalue weighted by Crippen LogP contribution is 2.35. The van der Waals surface area contributed by atoms with Gasteiger partial charge >= 0.3 is 0 Å². The highest BCUT2D eigenvalue weighted by Gasteiger charge is 2.25. The van der Waals surface area contributed by atoms with Crippen molar-refractivity contribution in [3.05, 3.63) is 82.1 Å². The van der Waals surface area contributed by atoms with Crippen LogP contribution in [-0.4, -0.2) is 23.0 Å². The Balaban J connectivity index is 1.85. The zero-order valence-corrected chi connectivity index (χ0v) is 18.4. The molecule has 0 saturated carbocycles. The minimum absolute atomic E-state index is 0.229. The van der Waals surface area contributed by atoms with Crippen molar-refractivity contribution in [2.24, 2.45) is 0 Å². The Kier molecular flexibility index (Phi) is 5.70. The molecule has 0 fully saturated rings. The minimum atomic E-state index is -0.229. The lowest BCUT2D eigenvalue weighted by atomic mass is 10.1. The van der Waals surface area contributed by atoms with Gasteiger partial charge in [-0.25, -0.2) is 4.98 Å². The molecule has 0 aliphatic heterocycles. The van der Waals surface area contributed by atoms with Crippen LogP contribution in [0.2, 0.25) is 5.02 Å². The number of anilines is 1. The molecule has 0 N–H and O–H groups in total. The first-order valence-corrected chi connectivity index (χ1v) is 10.6. The first-order chi connectivity index (χ1) is 14.5. The standard InChI is InChI=1S/C23H20ClN3O2S/c1-14-6-7-15(2)21-20(14)26-23(30-21)27(13-16-5-4-10-25-12-16)22(28)18-11-17(24)8-9-19(18)29-3/h4-12H,13H2,1-3H3. The molecule has 2 heterocycles. The molecule has 152 valence electrons. The number of aromatic nitrogens is 2. The smallest absolute Gasteiger partial charge is 0.264 e. The summed E-state index contributed by atoms with van der Waals surface area (Å²) in [4.78, 5) is 24.3. The van der Waals surface area contributed by atoms with Gasteiger partial charge in [-0.3, -0.25) is 14.7 Å². The van der Waals surface area contributed by atoms with Crippen LogP contribution in [0.3, 0.4) is 0 Å². The molecular weight excluding hydrogens is 418 g/mol. The van der Waals surface area contributed by atoms with Crippen LogP contribution in [0.4, 0.5) is 5.13 Å². The summed E-state index contributed by atoms with van der Waals surface area (Å²) in [5, 5.41) is 1.09. The van der Waals surface area contributed by atoms with E-state index in [0.717, 1.165) is 26.9 Å². The van der Waals surface area contributed by atoms with Crippen molar-refractivity contribution in [1.29, 1.82) is 0 Å². The number of ether oxygens (including phenoxy) is 1. The van der Waals surface area contributed by atoms with E-state index in [1.54, 1.807) is 35.5 Å². The molecule has 4 rings (SSSR count). The molecule has 0 radical (unpaired) electrons. The van der Waals surface area contributed by atoms with Gasteiger partial charge in [-0.05, 0) is 54.8 Å². The number of thiazole rings is 1. The van der Waals surface area contributed by atoms with E-state index in [1.807, 2.05) is 19.1 Å². The molecule has 5 nitrogen and oxygen atoms in total. The van der Waals surface area contributed by atoms with Gasteiger partial charge in [0.25, 0.3) is 5.91 Å². The van der Waals surface area contributed by atoms with E-state index < -0.39 is 0 Å². The molecule has 0 aliphatic carbocycles. The summed E-state index contributed by atoms with van der Waals surface area (Å²) in [6.45, 7) is 4.41. The van der Waals surface area contributed by atoms with Gasteiger partial charge in [0.15, 0.2) is 5.13 Å². The summed E-state index contributed by atoms with van der Waals surface area (Å²) in [5.41, 5.74) is 4.42. The summed E-state index contributed by atoms with van der Waals surface area (Å²) >= 11 is 7.69. The lowest BCUT2D eigenvalue weighted by Crippen LogP contribution is -2.30. The summed E-state index contributed by atoms with van der Waals surface area (Å²) in [6, 6.07) is 12.9. The molecule has 1 amide bonds. The van der Waals surface area contributed by atoms with E-state index in [-0.39, 0.29) is 5.91 Å². The van der Waals surface area contributed by atoms with E-state index >= 15 is 0 Å². The molecule has 2 aromatic carbocycles. The number of fused-ring (bicyclic) bond motifs is 1. The molecular formula is C23H20ClN3O2S. The van der Waals surface area contributed by atoms with Crippen molar-refractivity contribution >= 4 is 44.2 Å². The van der Waals surface area contributed by atoms with Gasteiger partial charge in [0, 0.05) is 17.4 Å². The number of benzene rings is 2. The summed E-state index contributed by atoms with van der Waals surface area (Å²) in [7, 11) is 1.54. The Morgan fingerprint density at radius 3 is 2.67 bits per heavy atom. The van der Waals surface area contributed by atoms with Gasteiger partial charge in [-0.15, -0.1) is 0 Å². The zero-order valence-electron chi connectivity index (χ0n) is 16.8. The zero-order chi connectivity index (χ0) is 21.3. The number of halogens is 1. The number of aryl methyl sites for hydroxylation is 2. The second-order valence-corrected chi connectivity index (χ2v) is 8.38. The highest BCUT2D eigenvalue weighted by molar-refractivity contribution is 7.22. The van der Waals surface area contributed by atoms with Gasteiger partial charge in [0.1, 0.15) is 5.75 Å². The molecule has 4 aromatic rings. The maximum Gasteiger partial charge on any atom is 0.264 e. The van der Waals surface area contributed by atoms with Crippen LogP contribution in [-0.2, 0) is 6.54 Å². The topological polar surface area (TPSA) is 55.3 Å². The fourth-order valence-electron chi connectivity index (χ4n) is 3.26. The van der Waals surface area contributed by atoms with Crippen molar-refractivity contribution in [2.75, 3.05) is 12.0 Å². The van der Waals surface area contributed by atoms with Gasteiger partial charge in [0.05, 0.1) is 29.4 Å². The van der Waals surface area contributed by atoms with Gasteiger partial charge in [-0.2, -0.15) is 0 Å². The Morgan fingerprint density at radius 2 is 1.97 bits per heavy atom. The van der Waals surface area contributed by atoms with Gasteiger partial charge < -0.3 is 4.74 Å². The molecule has 0 aliphatic rings. The van der Waals surface area contributed by atoms with Gasteiger partial charge in [0.2, 0.25) is 0 Å². The average Bonchev–Trinajstić information content (AvgIpc) is 3.21. The van der Waals surface area contributed by atoms with E-state index in [0.29, 0.717) is 28.0 Å². The molecule has 30 heavy (non-hydrogen) atoms. The maximum atomic E-state index is 13.7. The second-order valence-electron chi connectivity index (χ2n) is 6.97. The van der Waals surface area contributed by atoms with E-state index in [2.05, 4.69) is 24.0 Å². The summed E-state index contributed by atoms with van der Waals surface area (Å²) in [6.07, 6.45) is 3.46. The number of nitrogens with zero attached hydrogens (tertiary/aromatic N) is 3. The normalized spacial score (nSPS) is 10.9. The van der Waals surface area contributed by atoms with Crippen molar-refractivity contribution in [2.45, 2.75) is 20.4 Å². The summed E-state index contributed by atoms with van der Waals surface area (Å²) in [5.74, 6) is 0.238. The third kappa shape index (κ3) is 3.88. The summed E-state index contributed by atoms with van der Waals surface area (Å²) < 4.78 is 6.50. The van der Waals surface area contributed by atoms with Gasteiger partial charge in [-0.1, -0.05) is 41.1 Å². The van der Waals surface area contributed by atoms with E-state index in [1.165, 1.54) is 18.4 Å². The molecule has 0 saturated heterocycles. The number of pyridine rings is 1. The predicted octanol–water partition coefficient (Wildman–Crippen LogP) is 5.82. The Labute approximate surface area is 183 Å². The minimum Gasteiger partial charge on any atom is -0.496 e. The average molecular weight is 438 g/mol. The number of carbonyl (C=O) groups is 1. The number of hydrogen-bond acceptors (Lipinski definition) is 5. The third-order valence-electron chi connectivity index (χ3n) is 4.86. The Hall–Kier alpha value is -2.96. The fraction of sp³-hybridized carbons (Fsp3) is 0.174. The first kappa shape index (κ1) is 20.3. The number of rotatable bonds is 5. The molecule has 0 bridgehead atoms. The molecule has 0 atom stereocenters. The lowest BCUT2D eigenvalue weighted by molar-refractivity contribution is 0.0982. The lowest BCUT2D eigenvalue weighted by Gasteiger charge is -2.21. The van der Waals surface area contributed by atoms with Crippen LogP contribution >= 0.6 is 22.9 Å². The Morgan fingerprint density at radius 1 is 1.17 bits per heavy atom. The van der Waals surface area contributed by atoms with Crippen LogP contribution < -0.4 is 9.64 Å². The van der Waals surface area contributed by atoms with E-state index in [4.69, 9.17) is 21.3 Å². The first-order valence-electron chi connectivity index (χ1n) is 9.39. The van der Waals surface area contributed by atoms with Crippen LogP contribution in [0, 0.1) is 13.8 Å². The SMILES string of the molecule is COc1ccc(Cl)cc1C(=O)N(Cc1cccnc1)c1nc2c(C)ccc(C)c2s1. The quantitative estimate of drug-likeness (QED) is 0.395. The maximum absolute atomic E-state index is 13.7. The monoisotopic (exact) mass is 437 g/mol. The van der Waals surface area contributed by atoms with Crippen LogP contribution in [0.5, 0.6) is 5.75 Å². The fourth-order valence-corrected chi connectivity index (χ4v) is 4.54. The van der Waals surface area contributed by atoms with Crippen molar-refractivity contribution in [1.82, 2.24) is 9.97 Å². The number of hydrogen-bond donors (Lipinski definition) is 0. The number of carbonyl (C=O) groups excluding carboxylic acids is 1. The third-order valence-corrected chi connectivity index (χ3v) is 6.31. The van der Waals surface area contributed by atoms with Crippen molar-refractivity contribution in [3.63, 3.8) is 0 Å². The Bertz CT molecular complexity index is 1190. The number of methoxy groups -OCH3 is 1. The van der Waals surface area contributed by atoms with Crippen molar-refractivity contribution < 1.29 is 9.53 Å². The molecule has 7 heteroatoms. The van der Waals surface area contributed by atoms with Crippen LogP contribution in [0.25, 0.3) is 10.2 Å². The van der Waals surface area contributed by atoms with Crippen LogP contribution in [0.1, 0.15) is 27.0 Å². The molecule has 2 aromatic heterocycles. The molecule has 0 unspecified atom stereocenters. The molecule has 0 spiro atoms. The second kappa shape index (κ2) is 8.42. The predicted molar refractivity (Wildman–Crippen MR) is 122 cm³/mol. The van der Waals surface area contributed by atoms with Crippen molar-refractivity contribution in [3.8, 4) is 5.75 Å². The van der Waals surface area contributed by atoms with E-state index in [9.17, 15) is 4.79 Å². The highest BCUT2D eigenvalue weighted by atomic mass is 35.5. The largest absolute Gasteiger partial charge is 0.496 e. The number of amides is 1. The van der Waals surface area contributed by atoms with Crippen LogP contribution in [0.15, 0.2) is 54.9 Å².